The second-order valence-electron chi connectivity index (χ2n) is 19.0. The van der Waals surface area contributed by atoms with Gasteiger partial charge in [-0.15, -0.1) is 6.58 Å². The summed E-state index contributed by atoms with van der Waals surface area (Å²) in [5.41, 5.74) is 0.964. The second-order valence-corrected chi connectivity index (χ2v) is 19.9. The fourth-order valence-corrected chi connectivity index (χ4v) is 7.89. The number of aromatic nitrogens is 2. The van der Waals surface area contributed by atoms with Crippen LogP contribution in [0.5, 0.6) is 0 Å². The number of aliphatic carboxylic acids is 2. The number of halogens is 7. The molecular weight excluding hydrogens is 974 g/mol. The Balaban J connectivity index is 0.000000392. The normalized spacial score (nSPS) is 15.0. The van der Waals surface area contributed by atoms with Crippen LogP contribution in [-0.4, -0.2) is 56.4 Å². The molecule has 380 valence electrons. The Bertz CT molecular complexity index is 2430. The molecule has 10 nitrogen and oxygen atoms in total. The lowest BCUT2D eigenvalue weighted by Gasteiger charge is -2.35. The third-order valence-corrected chi connectivity index (χ3v) is 12.5. The van der Waals surface area contributed by atoms with Gasteiger partial charge in [-0.25, -0.2) is 9.97 Å². The van der Waals surface area contributed by atoms with Crippen molar-refractivity contribution in [2.24, 2.45) is 46.3 Å². The van der Waals surface area contributed by atoms with Gasteiger partial charge in [-0.1, -0.05) is 120 Å². The maximum Gasteiger partial charge on any atom is 0.392 e. The molecule has 0 aliphatic rings. The Hall–Kier alpha value is -5.32. The van der Waals surface area contributed by atoms with Crippen molar-refractivity contribution in [3.63, 3.8) is 0 Å². The zero-order valence-electron chi connectivity index (χ0n) is 41.1. The highest BCUT2D eigenvalue weighted by molar-refractivity contribution is 9.10. The molecule has 0 radical (unpaired) electrons. The van der Waals surface area contributed by atoms with E-state index < -0.39 is 89.6 Å². The summed E-state index contributed by atoms with van der Waals surface area (Å²) in [5.74, 6) is -9.50. The summed E-state index contributed by atoms with van der Waals surface area (Å²) in [7, 11) is 0. The van der Waals surface area contributed by atoms with Crippen molar-refractivity contribution in [3.05, 3.63) is 101 Å². The fourth-order valence-electron chi connectivity index (χ4n) is 7.54. The first-order chi connectivity index (χ1) is 31.6. The molecule has 2 N–H and O–H groups in total. The number of hydrogen-bond acceptors (Lipinski definition) is 8. The Morgan fingerprint density at radius 1 is 0.638 bits per heavy atom. The summed E-state index contributed by atoms with van der Waals surface area (Å²) in [6, 6.07) is 18.7. The number of hydrogen-bond donors (Lipinski definition) is 2. The number of carbonyl (C=O) groups excluding carboxylic acids is 2. The van der Waals surface area contributed by atoms with Gasteiger partial charge >= 0.3 is 36.2 Å². The molecule has 0 bridgehead atoms. The number of nitrogens with zero attached hydrogens (tertiary/aromatic N) is 2. The van der Waals surface area contributed by atoms with Crippen LogP contribution in [0.1, 0.15) is 125 Å². The Kier molecular flexibility index (Phi) is 21.7. The van der Waals surface area contributed by atoms with Crippen LogP contribution in [0.3, 0.4) is 0 Å². The zero-order chi connectivity index (χ0) is 53.0. The maximum atomic E-state index is 14.0. The number of carboxylic acids is 2. The molecular formula is C52H65BrF6N2O8. The second kappa shape index (κ2) is 25.0. The van der Waals surface area contributed by atoms with Crippen molar-refractivity contribution in [1.29, 1.82) is 0 Å². The van der Waals surface area contributed by atoms with Gasteiger partial charge in [-0.3, -0.25) is 19.2 Å². The Morgan fingerprint density at radius 2 is 1.01 bits per heavy atom. The quantitative estimate of drug-likeness (QED) is 0.0594. The number of pyridine rings is 2. The molecule has 0 amide bonds. The third kappa shape index (κ3) is 18.5. The highest BCUT2D eigenvalue weighted by atomic mass is 79.9. The minimum atomic E-state index is -4.55. The molecule has 0 saturated carbocycles. The maximum absolute atomic E-state index is 14.0. The first-order valence-corrected chi connectivity index (χ1v) is 23.1. The lowest BCUT2D eigenvalue weighted by molar-refractivity contribution is -0.204. The van der Waals surface area contributed by atoms with Crippen molar-refractivity contribution >= 4 is 67.7 Å². The zero-order valence-corrected chi connectivity index (χ0v) is 42.7. The van der Waals surface area contributed by atoms with Crippen LogP contribution in [0.25, 0.3) is 27.9 Å². The molecule has 0 spiro atoms. The number of alkyl halides is 6. The minimum Gasteiger partial charge on any atom is -0.481 e. The molecule has 0 aliphatic carbocycles. The van der Waals surface area contributed by atoms with Crippen LogP contribution in [0, 0.1) is 46.3 Å². The number of allylic oxidation sites excluding steroid dienone is 2. The smallest absolute Gasteiger partial charge is 0.392 e. The molecule has 2 heterocycles. The van der Waals surface area contributed by atoms with E-state index >= 15 is 0 Å². The lowest BCUT2D eigenvalue weighted by Crippen LogP contribution is -2.39. The Morgan fingerprint density at radius 3 is 1.38 bits per heavy atom. The van der Waals surface area contributed by atoms with Gasteiger partial charge in [0.2, 0.25) is 0 Å². The predicted octanol–water partition coefficient (Wildman–Crippen LogP) is 14.6. The summed E-state index contributed by atoms with van der Waals surface area (Å²) in [6.45, 7) is 21.9. The van der Waals surface area contributed by atoms with Gasteiger partial charge in [0.25, 0.3) is 0 Å². The average Bonchev–Trinajstić information content (AvgIpc) is 3.21. The molecule has 69 heavy (non-hydrogen) atoms. The van der Waals surface area contributed by atoms with Crippen LogP contribution in [0.15, 0.2) is 83.9 Å². The topological polar surface area (TPSA) is 153 Å². The van der Waals surface area contributed by atoms with Crippen molar-refractivity contribution in [2.75, 3.05) is 0 Å². The number of fused-ring (bicyclic) bond motifs is 2. The number of rotatable bonds is 17. The standard InChI is InChI=1S/C26H32F3NO4.C13H12BrNO2.C13H21F3O2/c1-15(2)20(24(32)33)14-23(26(27,28)29)25(5,6)12-11-18-7-8-19-9-10-21(30-22(19)13-18)16(3)34-17(4)31;1-8(17-9(2)16)12-6-4-10-3-5-11(14)7-13(10)15-12;1-6-12(4,5)10(13(14,15)16)7-9(8(2)3)11(17)18/h7-13,15-16,20,23H,14H2,1-6H3,(H,32,33);3-8H,1-2H3;6,8-10H,1,7H2,2-5H3,(H,17,18)/b12-11+;;/t16-,20+,23+;8-;9-,10-/m110/s1. The first-order valence-electron chi connectivity index (χ1n) is 22.3. The van der Waals surface area contributed by atoms with E-state index in [4.69, 9.17) is 14.6 Å². The van der Waals surface area contributed by atoms with Crippen LogP contribution in [-0.2, 0) is 28.7 Å². The highest BCUT2D eigenvalue weighted by Crippen LogP contribution is 2.47. The number of carbonyl (C=O) groups is 4. The molecule has 2 aromatic carbocycles. The van der Waals surface area contributed by atoms with E-state index in [1.807, 2.05) is 49.4 Å². The largest absolute Gasteiger partial charge is 0.481 e. The highest BCUT2D eigenvalue weighted by Gasteiger charge is 2.50. The summed E-state index contributed by atoms with van der Waals surface area (Å²) in [4.78, 5) is 53.7. The SMILES string of the molecule is C=CC(C)(C)[C@H](C[C@H](C(=O)O)C(C)C)C(F)(F)F.CC(=O)O[C@H](C)c1ccc2ccc(/C=C/C(C)(C)[C@H](C[C@H](C(=O)O)C(C)C)C(F)(F)F)cc2n1.CC(=O)O[C@H](C)c1ccc2ccc(Br)cc2n1. The van der Waals surface area contributed by atoms with Crippen LogP contribution < -0.4 is 0 Å². The van der Waals surface area contributed by atoms with Crippen molar-refractivity contribution in [1.82, 2.24) is 9.97 Å². The van der Waals surface area contributed by atoms with Gasteiger partial charge in [0, 0.05) is 29.1 Å². The molecule has 0 saturated heterocycles. The minimum absolute atomic E-state index is 0.298. The Labute approximate surface area is 409 Å². The molecule has 0 unspecified atom stereocenters. The van der Waals surface area contributed by atoms with E-state index in [0.29, 0.717) is 16.8 Å². The molecule has 4 aromatic rings. The number of esters is 2. The third-order valence-electron chi connectivity index (χ3n) is 12.0. The van der Waals surface area contributed by atoms with E-state index in [0.717, 1.165) is 26.5 Å². The fraction of sp³-hybridized carbons (Fsp3) is 0.500. The van der Waals surface area contributed by atoms with Crippen molar-refractivity contribution in [2.45, 2.75) is 120 Å². The monoisotopic (exact) mass is 1040 g/mol. The number of benzene rings is 2. The molecule has 0 fully saturated rings. The van der Waals surface area contributed by atoms with E-state index in [1.165, 1.54) is 53.7 Å². The van der Waals surface area contributed by atoms with Gasteiger partial charge in [0.05, 0.1) is 46.1 Å². The van der Waals surface area contributed by atoms with Crippen LogP contribution >= 0.6 is 15.9 Å². The molecule has 17 heteroatoms. The van der Waals surface area contributed by atoms with E-state index in [9.17, 15) is 50.6 Å². The van der Waals surface area contributed by atoms with Gasteiger partial charge in [0.1, 0.15) is 12.2 Å². The van der Waals surface area contributed by atoms with E-state index in [-0.39, 0.29) is 18.0 Å². The van der Waals surface area contributed by atoms with Gasteiger partial charge in [0.15, 0.2) is 0 Å². The predicted molar refractivity (Wildman–Crippen MR) is 259 cm³/mol. The van der Waals surface area contributed by atoms with Crippen LogP contribution in [0.2, 0.25) is 0 Å². The van der Waals surface area contributed by atoms with Gasteiger partial charge < -0.3 is 19.7 Å². The molecule has 2 aromatic heterocycles. The van der Waals surface area contributed by atoms with Crippen molar-refractivity contribution in [3.8, 4) is 0 Å². The number of ether oxygens (including phenoxy) is 2. The van der Waals surface area contributed by atoms with E-state index in [2.05, 4.69) is 32.5 Å². The van der Waals surface area contributed by atoms with Crippen molar-refractivity contribution < 1.29 is 65.2 Å². The first kappa shape index (κ1) is 59.8. The molecule has 6 atom stereocenters. The number of carboxylic acid groups (broad SMARTS) is 2. The summed E-state index contributed by atoms with van der Waals surface area (Å²) in [5, 5.41) is 20.3. The summed E-state index contributed by atoms with van der Waals surface area (Å²) < 4.78 is 92.3. The van der Waals surface area contributed by atoms with Gasteiger partial charge in [-0.2, -0.15) is 26.3 Å². The molecule has 0 aliphatic heterocycles. The lowest BCUT2D eigenvalue weighted by atomic mass is 9.71. The van der Waals surface area contributed by atoms with E-state index in [1.54, 1.807) is 58.9 Å². The van der Waals surface area contributed by atoms with Crippen LogP contribution in [0.4, 0.5) is 26.3 Å². The summed E-state index contributed by atoms with van der Waals surface area (Å²) >= 11 is 3.41. The average molecular weight is 1040 g/mol. The summed E-state index contributed by atoms with van der Waals surface area (Å²) in [6.07, 6.45) is -6.43. The van der Waals surface area contributed by atoms with Gasteiger partial charge in [-0.05, 0) is 85.3 Å². The molecule has 4 rings (SSSR count).